The number of hydrogen-bond acceptors (Lipinski definition) is 9. The van der Waals surface area contributed by atoms with E-state index >= 15 is 8.78 Å². The van der Waals surface area contributed by atoms with E-state index < -0.39 is 41.7 Å². The van der Waals surface area contributed by atoms with Gasteiger partial charge in [0.25, 0.3) is 0 Å². The number of hydrogen-bond donors (Lipinski definition) is 3. The Morgan fingerprint density at radius 2 is 1.68 bits per heavy atom. The van der Waals surface area contributed by atoms with Crippen LogP contribution in [-0.4, -0.2) is 76.3 Å². The van der Waals surface area contributed by atoms with Crippen LogP contribution in [0.2, 0.25) is 0 Å². The van der Waals surface area contributed by atoms with Crippen LogP contribution in [0.1, 0.15) is 158 Å². The molecule has 1 fully saturated rings. The quantitative estimate of drug-likeness (QED) is 0.0727. The van der Waals surface area contributed by atoms with Gasteiger partial charge in [-0.2, -0.15) is 4.99 Å². The zero-order valence-electron chi connectivity index (χ0n) is 41.7. The molecule has 69 heavy (non-hydrogen) atoms. The van der Waals surface area contributed by atoms with E-state index in [0.717, 1.165) is 44.3 Å². The van der Waals surface area contributed by atoms with Crippen LogP contribution in [0, 0.1) is 36.4 Å². The summed E-state index contributed by atoms with van der Waals surface area (Å²) in [5, 5.41) is 2.68. The van der Waals surface area contributed by atoms with E-state index in [1.54, 1.807) is 18.5 Å². The molecule has 13 nitrogen and oxygen atoms in total. The van der Waals surface area contributed by atoms with Gasteiger partial charge in [-0.1, -0.05) is 79.4 Å². The first-order valence-electron chi connectivity index (χ1n) is 24.7. The third-order valence-corrected chi connectivity index (χ3v) is 14.0. The lowest BCUT2D eigenvalue weighted by Gasteiger charge is -2.22. The number of imidazole rings is 2. The average Bonchev–Trinajstić information content (AvgIpc) is 4.12. The number of rotatable bonds is 20. The van der Waals surface area contributed by atoms with Crippen LogP contribution in [0.5, 0.6) is 0 Å². The Balaban J connectivity index is 1.26. The van der Waals surface area contributed by atoms with Gasteiger partial charge in [-0.25, -0.2) is 28.3 Å². The summed E-state index contributed by atoms with van der Waals surface area (Å²) in [4.78, 5) is 71.5. The molecule has 0 bridgehead atoms. The number of aromatic amines is 2. The molecule has 4 aromatic rings. The van der Waals surface area contributed by atoms with E-state index in [2.05, 4.69) is 27.2 Å². The maximum Gasteiger partial charge on any atom is 0.433 e. The number of nitrogens with one attached hydrogen (secondary N) is 3. The fraction of sp³-hybridized carbons (Fsp3) is 0.537. The van der Waals surface area contributed by atoms with Crippen molar-refractivity contribution in [2.45, 2.75) is 144 Å². The molecule has 372 valence electrons. The number of carbonyl (C=O) groups is 4. The molecule has 2 aromatic heterocycles. The van der Waals surface area contributed by atoms with Crippen molar-refractivity contribution in [3.8, 4) is 22.5 Å². The molecular formula is C54H70F2N6O7. The van der Waals surface area contributed by atoms with E-state index in [-0.39, 0.29) is 65.3 Å². The predicted octanol–water partition coefficient (Wildman–Crippen LogP) is 12.4. The van der Waals surface area contributed by atoms with Gasteiger partial charge in [0, 0.05) is 57.9 Å². The van der Waals surface area contributed by atoms with Crippen LogP contribution < -0.4 is 5.32 Å². The summed E-state index contributed by atoms with van der Waals surface area (Å²) in [5.41, 5.74) is 4.62. The number of nitrogens with zero attached hydrogens (tertiary/aromatic N) is 3. The molecule has 6 unspecified atom stereocenters. The lowest BCUT2D eigenvalue weighted by atomic mass is 9.83. The van der Waals surface area contributed by atoms with Gasteiger partial charge in [-0.15, -0.1) is 0 Å². The van der Waals surface area contributed by atoms with Gasteiger partial charge < -0.3 is 29.5 Å². The van der Waals surface area contributed by atoms with Crippen molar-refractivity contribution in [1.29, 1.82) is 0 Å². The summed E-state index contributed by atoms with van der Waals surface area (Å²) in [5.74, 6) is -1.08. The number of ketones is 2. The second-order valence-electron chi connectivity index (χ2n) is 19.2. The predicted molar refractivity (Wildman–Crippen MR) is 264 cm³/mol. The fourth-order valence-electron chi connectivity index (χ4n) is 10.0. The van der Waals surface area contributed by atoms with Crippen molar-refractivity contribution in [2.75, 3.05) is 20.8 Å². The van der Waals surface area contributed by atoms with Crippen molar-refractivity contribution in [2.24, 2.45) is 28.7 Å². The molecule has 15 heteroatoms. The maximum atomic E-state index is 17.4. The van der Waals surface area contributed by atoms with Crippen LogP contribution in [-0.2, 0) is 30.4 Å². The summed E-state index contributed by atoms with van der Waals surface area (Å²) >= 11 is 0. The molecule has 2 aromatic carbocycles. The van der Waals surface area contributed by atoms with Crippen LogP contribution in [0.4, 0.5) is 18.4 Å². The fourth-order valence-corrected chi connectivity index (χ4v) is 10.0. The lowest BCUT2D eigenvalue weighted by molar-refractivity contribution is -0.122. The number of Topliss-reactive ketones (excluding diaryl/α,β-unsaturated/α-hetero) is 2. The molecular weight excluding hydrogens is 883 g/mol. The third-order valence-electron chi connectivity index (χ3n) is 14.0. The molecule has 6 rings (SSSR count). The van der Waals surface area contributed by atoms with Gasteiger partial charge in [0.1, 0.15) is 23.3 Å². The minimum Gasteiger partial charge on any atom is -0.453 e. The highest BCUT2D eigenvalue weighted by molar-refractivity contribution is 6.41. The number of aromatic nitrogens is 4. The largest absolute Gasteiger partial charge is 0.453 e. The van der Waals surface area contributed by atoms with E-state index in [1.807, 2.05) is 59.7 Å². The molecule has 1 aliphatic heterocycles. The van der Waals surface area contributed by atoms with Crippen molar-refractivity contribution in [3.63, 3.8) is 0 Å². The Morgan fingerprint density at radius 1 is 0.942 bits per heavy atom. The number of H-pyrrole nitrogens is 2. The SMILES string of the molecule is CCCCC(=NC(=O)OC)C(=O)C(C)C(CCCC)c1ncc(-c2ccc(C)c(C(F)=C3c4c(F)cc(-c5cnc(C6CCCC6CCC(=O)C(NC(=O)OC)C(C)C)[nH]5)cc4COCC3C)c2)[nH]1. The summed E-state index contributed by atoms with van der Waals surface area (Å²) < 4.78 is 49.7. The summed E-state index contributed by atoms with van der Waals surface area (Å²) in [6, 6.07) is 8.11. The Labute approximate surface area is 405 Å². The zero-order chi connectivity index (χ0) is 49.9. The molecule has 2 aliphatic rings. The molecule has 1 aliphatic carbocycles. The van der Waals surface area contributed by atoms with Crippen LogP contribution >= 0.6 is 0 Å². The number of aryl methyl sites for hydroxylation is 1. The second kappa shape index (κ2) is 24.1. The van der Waals surface area contributed by atoms with Crippen molar-refractivity contribution in [1.82, 2.24) is 25.3 Å². The highest BCUT2D eigenvalue weighted by Crippen LogP contribution is 2.44. The smallest absolute Gasteiger partial charge is 0.433 e. The topological polar surface area (TPSA) is 178 Å². The molecule has 0 saturated heterocycles. The molecule has 3 heterocycles. The van der Waals surface area contributed by atoms with E-state index in [9.17, 15) is 19.2 Å². The molecule has 0 spiro atoms. The Kier molecular flexibility index (Phi) is 18.4. The van der Waals surface area contributed by atoms with Crippen molar-refractivity contribution in [3.05, 3.63) is 82.4 Å². The Hall–Kier alpha value is -5.83. The number of unbranched alkanes of at least 4 members (excludes halogenated alkanes) is 2. The lowest BCUT2D eigenvalue weighted by Crippen LogP contribution is -2.44. The number of halogens is 2. The normalized spacial score (nSPS) is 19.4. The highest BCUT2D eigenvalue weighted by Gasteiger charge is 2.35. The van der Waals surface area contributed by atoms with E-state index in [1.165, 1.54) is 20.3 Å². The molecule has 2 amide bonds. The van der Waals surface area contributed by atoms with Crippen molar-refractivity contribution < 1.29 is 42.2 Å². The van der Waals surface area contributed by atoms with Gasteiger partial charge in [0.05, 0.1) is 63.0 Å². The van der Waals surface area contributed by atoms with E-state index in [4.69, 9.17) is 24.2 Å². The van der Waals surface area contributed by atoms with Gasteiger partial charge in [-0.05, 0) is 86.6 Å². The minimum absolute atomic E-state index is 0.0344. The third kappa shape index (κ3) is 12.5. The first kappa shape index (κ1) is 52.5. The summed E-state index contributed by atoms with van der Waals surface area (Å²) in [7, 11) is 2.52. The number of carbonyl (C=O) groups excluding carboxylic acids is 4. The van der Waals surface area contributed by atoms with Crippen LogP contribution in [0.25, 0.3) is 33.9 Å². The van der Waals surface area contributed by atoms with Gasteiger partial charge in [0.15, 0.2) is 11.6 Å². The zero-order valence-corrected chi connectivity index (χ0v) is 41.7. The first-order valence-corrected chi connectivity index (χ1v) is 24.7. The maximum absolute atomic E-state index is 17.4. The number of methoxy groups -OCH3 is 2. The van der Waals surface area contributed by atoms with Gasteiger partial charge in [0.2, 0.25) is 0 Å². The Bertz CT molecular complexity index is 2530. The number of alkyl carbamates (subject to hydrolysis) is 1. The number of aliphatic imine (C=N–C) groups is 1. The minimum atomic E-state index is -0.804. The molecule has 1 saturated carbocycles. The summed E-state index contributed by atoms with van der Waals surface area (Å²) in [6.45, 7) is 13.7. The standard InChI is InChI=1S/C54H70F2N6O7/c1-10-12-16-38(33(7)50(64)42(18-13-11-2)61-53(65)67-8)51-57-26-43(59-51)35-20-19-31(5)40(24-35)48(56)46-32(6)28-69-29-37-23-36(25-41(55)47(37)46)44-27-58-52(60-44)39-17-14-15-34(39)21-22-45(63)49(30(3)4)62-54(66)68-9/h19-20,23-27,30,32-34,38-39,49H,10-18,21-22,28-29H2,1-9H3,(H,57,59)(H,58,60)(H,62,66). The molecule has 3 N–H and O–H groups in total. The average molecular weight is 953 g/mol. The number of amides is 2. The number of fused-ring (bicyclic) bond motifs is 1. The second-order valence-corrected chi connectivity index (χ2v) is 19.2. The van der Waals surface area contributed by atoms with E-state index in [0.29, 0.717) is 77.1 Å². The van der Waals surface area contributed by atoms with Crippen molar-refractivity contribution >= 4 is 40.9 Å². The number of ether oxygens (including phenoxy) is 3. The first-order chi connectivity index (χ1) is 33.1. The van der Waals surface area contributed by atoms with Crippen LogP contribution in [0.15, 0.2) is 47.7 Å². The monoisotopic (exact) mass is 953 g/mol. The number of benzene rings is 2. The Morgan fingerprint density at radius 3 is 2.39 bits per heavy atom. The summed E-state index contributed by atoms with van der Waals surface area (Å²) in [6.07, 6.45) is 10.1. The highest BCUT2D eigenvalue weighted by atomic mass is 19.1. The molecule has 0 radical (unpaired) electrons. The molecule has 6 atom stereocenters. The van der Waals surface area contributed by atoms with Gasteiger partial charge >= 0.3 is 12.2 Å². The van der Waals surface area contributed by atoms with Gasteiger partial charge in [-0.3, -0.25) is 9.59 Å². The van der Waals surface area contributed by atoms with Crippen LogP contribution in [0.3, 0.4) is 0 Å².